The number of amides is 1. The summed E-state index contributed by atoms with van der Waals surface area (Å²) in [6.07, 6.45) is 5.23. The molecule has 0 aliphatic heterocycles. The highest BCUT2D eigenvalue weighted by atomic mass is 32.2. The Bertz CT molecular complexity index is 649. The number of hydrogen-bond acceptors (Lipinski definition) is 7. The summed E-state index contributed by atoms with van der Waals surface area (Å²) < 4.78 is 37.0. The fraction of sp³-hybridized carbons (Fsp3) is 0.667. The minimum atomic E-state index is -3.67. The molecule has 0 saturated heterocycles. The van der Waals surface area contributed by atoms with Crippen LogP contribution in [0.2, 0.25) is 0 Å². The summed E-state index contributed by atoms with van der Waals surface area (Å²) in [4.78, 5) is 23.7. The number of carbonyl (C=O) groups excluding carboxylic acids is 2. The summed E-state index contributed by atoms with van der Waals surface area (Å²) in [7, 11) is -3.67. The van der Waals surface area contributed by atoms with Crippen LogP contribution in [0.15, 0.2) is 24.3 Å². The highest BCUT2D eigenvalue weighted by Gasteiger charge is 2.36. The van der Waals surface area contributed by atoms with Gasteiger partial charge in [-0.2, -0.15) is 8.42 Å². The van der Waals surface area contributed by atoms with Crippen molar-refractivity contribution in [2.24, 2.45) is 5.73 Å². The van der Waals surface area contributed by atoms with Crippen molar-refractivity contribution in [2.75, 3.05) is 12.9 Å². The fourth-order valence-corrected chi connectivity index (χ4v) is 2.61. The van der Waals surface area contributed by atoms with E-state index in [0.717, 1.165) is 12.8 Å². The van der Waals surface area contributed by atoms with Crippen LogP contribution in [0.3, 0.4) is 0 Å². The zero-order chi connectivity index (χ0) is 21.9. The van der Waals surface area contributed by atoms with Gasteiger partial charge in [0.25, 0.3) is 10.1 Å². The smallest absolute Gasteiger partial charge is 0.333 e. The zero-order valence-corrected chi connectivity index (χ0v) is 17.7. The van der Waals surface area contributed by atoms with E-state index in [1.807, 2.05) is 13.8 Å². The highest BCUT2D eigenvalue weighted by Crippen LogP contribution is 2.24. The van der Waals surface area contributed by atoms with E-state index < -0.39 is 28.3 Å². The molecule has 0 heterocycles. The van der Waals surface area contributed by atoms with Crippen molar-refractivity contribution in [3.63, 3.8) is 0 Å². The molecular formula is C18H32N2O7S. The SMILES string of the molecule is C=CC(=O)N[C@@H]1[C@@H](N)CC(C(=O)OCC)=C[C@H]1OC(CC)CC.CS(=O)(=O)O. The standard InChI is InChI=1S/C17H28N2O4.CH4O3S/c1-5-12(6-2)23-14-10-11(17(21)22-8-4)9-13(18)16(14)19-15(20)7-3;1-5(2,3)4/h7,10,12-14,16H,3,5-6,8-9,18H2,1-2,4H3,(H,19,20);1H3,(H,2,3,4)/t13-,14+,16+;/m0./s1. The summed E-state index contributed by atoms with van der Waals surface area (Å²) in [6.45, 7) is 9.58. The number of nitrogens with one attached hydrogen (secondary N) is 1. The summed E-state index contributed by atoms with van der Waals surface area (Å²) in [5.74, 6) is -0.689. The molecule has 28 heavy (non-hydrogen) atoms. The van der Waals surface area contributed by atoms with Crippen molar-refractivity contribution < 1.29 is 32.0 Å². The Morgan fingerprint density at radius 3 is 2.36 bits per heavy atom. The number of esters is 1. The molecule has 0 spiro atoms. The van der Waals surface area contributed by atoms with E-state index in [2.05, 4.69) is 11.9 Å². The van der Waals surface area contributed by atoms with E-state index in [-0.39, 0.29) is 18.0 Å². The summed E-state index contributed by atoms with van der Waals surface area (Å²) in [5, 5.41) is 2.81. The van der Waals surface area contributed by atoms with Crippen LogP contribution >= 0.6 is 0 Å². The van der Waals surface area contributed by atoms with Gasteiger partial charge >= 0.3 is 5.97 Å². The van der Waals surface area contributed by atoms with Crippen LogP contribution < -0.4 is 11.1 Å². The Morgan fingerprint density at radius 2 is 1.93 bits per heavy atom. The predicted octanol–water partition coefficient (Wildman–Crippen LogP) is 0.956. The summed E-state index contributed by atoms with van der Waals surface area (Å²) in [6, 6.07) is -0.832. The molecular weight excluding hydrogens is 388 g/mol. The third kappa shape index (κ3) is 10.5. The van der Waals surface area contributed by atoms with Gasteiger partial charge < -0.3 is 20.5 Å². The van der Waals surface area contributed by atoms with Crippen LogP contribution in [0.25, 0.3) is 0 Å². The minimum Gasteiger partial charge on any atom is -0.463 e. The maximum Gasteiger partial charge on any atom is 0.333 e. The maximum atomic E-state index is 12.0. The fourth-order valence-electron chi connectivity index (χ4n) is 2.61. The largest absolute Gasteiger partial charge is 0.463 e. The van der Waals surface area contributed by atoms with Crippen molar-refractivity contribution in [1.29, 1.82) is 0 Å². The van der Waals surface area contributed by atoms with Gasteiger partial charge in [0, 0.05) is 11.6 Å². The maximum absolute atomic E-state index is 12.0. The quantitative estimate of drug-likeness (QED) is 0.299. The molecule has 0 fully saturated rings. The third-order valence-corrected chi connectivity index (χ3v) is 3.93. The molecule has 0 bridgehead atoms. The van der Waals surface area contributed by atoms with Gasteiger partial charge in [0.15, 0.2) is 0 Å². The third-order valence-electron chi connectivity index (χ3n) is 3.93. The molecule has 0 unspecified atom stereocenters. The first kappa shape index (κ1) is 26.2. The van der Waals surface area contributed by atoms with Gasteiger partial charge in [0.05, 0.1) is 31.1 Å². The first-order chi connectivity index (χ1) is 13.0. The minimum absolute atomic E-state index is 0.0353. The average molecular weight is 421 g/mol. The Labute approximate surface area is 167 Å². The lowest BCUT2D eigenvalue weighted by molar-refractivity contribution is -0.139. The molecule has 1 aliphatic carbocycles. The monoisotopic (exact) mass is 420 g/mol. The highest BCUT2D eigenvalue weighted by molar-refractivity contribution is 7.85. The normalized spacial score (nSPS) is 21.8. The first-order valence-corrected chi connectivity index (χ1v) is 11.0. The Balaban J connectivity index is 0.00000129. The van der Waals surface area contributed by atoms with Gasteiger partial charge in [-0.3, -0.25) is 9.35 Å². The zero-order valence-electron chi connectivity index (χ0n) is 16.9. The second-order valence-electron chi connectivity index (χ2n) is 6.29. The topological polar surface area (TPSA) is 145 Å². The second kappa shape index (κ2) is 12.7. The Hall–Kier alpha value is -1.75. The predicted molar refractivity (Wildman–Crippen MR) is 106 cm³/mol. The summed E-state index contributed by atoms with van der Waals surface area (Å²) >= 11 is 0. The van der Waals surface area contributed by atoms with Crippen LogP contribution in [-0.2, 0) is 29.2 Å². The number of rotatable bonds is 8. The van der Waals surface area contributed by atoms with E-state index in [1.165, 1.54) is 6.08 Å². The lowest BCUT2D eigenvalue weighted by Gasteiger charge is -2.36. The Morgan fingerprint density at radius 1 is 1.39 bits per heavy atom. The van der Waals surface area contributed by atoms with Gasteiger partial charge in [-0.1, -0.05) is 20.4 Å². The molecule has 3 atom stereocenters. The number of hydrogen-bond donors (Lipinski definition) is 3. The van der Waals surface area contributed by atoms with Crippen LogP contribution in [0, 0.1) is 0 Å². The molecule has 1 rings (SSSR count). The van der Waals surface area contributed by atoms with Crippen molar-refractivity contribution in [1.82, 2.24) is 5.32 Å². The van der Waals surface area contributed by atoms with E-state index in [9.17, 15) is 18.0 Å². The molecule has 0 aromatic carbocycles. The van der Waals surface area contributed by atoms with Crippen LogP contribution in [0.5, 0.6) is 0 Å². The average Bonchev–Trinajstić information content (AvgIpc) is 2.60. The van der Waals surface area contributed by atoms with E-state index in [1.54, 1.807) is 13.0 Å². The molecule has 0 aromatic rings. The molecule has 0 saturated carbocycles. The van der Waals surface area contributed by atoms with E-state index >= 15 is 0 Å². The van der Waals surface area contributed by atoms with Crippen LogP contribution in [-0.4, -0.2) is 62.0 Å². The van der Waals surface area contributed by atoms with Gasteiger partial charge in [-0.15, -0.1) is 0 Å². The lowest BCUT2D eigenvalue weighted by atomic mass is 9.88. The van der Waals surface area contributed by atoms with Gasteiger partial charge in [0.1, 0.15) is 0 Å². The van der Waals surface area contributed by atoms with E-state index in [0.29, 0.717) is 24.9 Å². The van der Waals surface area contributed by atoms with Crippen molar-refractivity contribution in [3.8, 4) is 0 Å². The van der Waals surface area contributed by atoms with Crippen LogP contribution in [0.1, 0.15) is 40.0 Å². The number of carbonyl (C=O) groups is 2. The lowest BCUT2D eigenvalue weighted by Crippen LogP contribution is -2.57. The number of nitrogens with two attached hydrogens (primary N) is 1. The molecule has 10 heteroatoms. The molecule has 4 N–H and O–H groups in total. The van der Waals surface area contributed by atoms with Gasteiger partial charge in [0.2, 0.25) is 5.91 Å². The molecule has 1 aliphatic rings. The van der Waals surface area contributed by atoms with Crippen molar-refractivity contribution in [2.45, 2.75) is 64.3 Å². The molecule has 0 aromatic heterocycles. The van der Waals surface area contributed by atoms with Gasteiger partial charge in [-0.05, 0) is 38.3 Å². The van der Waals surface area contributed by atoms with Gasteiger partial charge in [-0.25, -0.2) is 4.79 Å². The van der Waals surface area contributed by atoms with Crippen molar-refractivity contribution >= 4 is 22.0 Å². The second-order valence-corrected chi connectivity index (χ2v) is 7.76. The Kier molecular flexibility index (Phi) is 11.9. The van der Waals surface area contributed by atoms with Crippen LogP contribution in [0.4, 0.5) is 0 Å². The molecule has 0 radical (unpaired) electrons. The number of ether oxygens (including phenoxy) is 2. The summed E-state index contributed by atoms with van der Waals surface area (Å²) in [5.41, 5.74) is 6.68. The molecule has 162 valence electrons. The van der Waals surface area contributed by atoms with E-state index in [4.69, 9.17) is 19.8 Å². The van der Waals surface area contributed by atoms with Crippen molar-refractivity contribution in [3.05, 3.63) is 24.3 Å². The first-order valence-electron chi connectivity index (χ1n) is 9.10. The molecule has 1 amide bonds. The molecule has 9 nitrogen and oxygen atoms in total.